The summed E-state index contributed by atoms with van der Waals surface area (Å²) in [6, 6.07) is 7.67. The number of phenolic OH excluding ortho intramolecular Hbond substituents is 2. The Hall–Kier alpha value is -2.14. The lowest BCUT2D eigenvalue weighted by molar-refractivity contribution is -0.144. The first-order chi connectivity index (χ1) is 17.9. The van der Waals surface area contributed by atoms with E-state index in [9.17, 15) is 20.1 Å². The maximum Gasteiger partial charge on any atom is 0.318 e. The van der Waals surface area contributed by atoms with Crippen molar-refractivity contribution in [2.24, 2.45) is 5.92 Å². The second-order valence-electron chi connectivity index (χ2n) is 15.6. The molecule has 0 aliphatic carbocycles. The Kier molecular flexibility index (Phi) is 9.60. The van der Waals surface area contributed by atoms with Gasteiger partial charge < -0.3 is 15.3 Å². The molecule has 2 rings (SSSR count). The summed E-state index contributed by atoms with van der Waals surface area (Å²) >= 11 is 4.56. The molecule has 40 heavy (non-hydrogen) atoms. The van der Waals surface area contributed by atoms with E-state index in [0.717, 1.165) is 22.3 Å². The molecule has 1 unspecified atom stereocenters. The van der Waals surface area contributed by atoms with E-state index in [0.29, 0.717) is 29.7 Å². The summed E-state index contributed by atoms with van der Waals surface area (Å²) in [5, 5.41) is 34.4. The van der Waals surface area contributed by atoms with Crippen molar-refractivity contribution in [3.63, 3.8) is 0 Å². The second kappa shape index (κ2) is 11.3. The van der Waals surface area contributed by atoms with Gasteiger partial charge in [0, 0.05) is 0 Å². The van der Waals surface area contributed by atoms with Crippen LogP contribution in [0.3, 0.4) is 0 Å². The molecule has 5 heteroatoms. The molecule has 0 spiro atoms. The van der Waals surface area contributed by atoms with Crippen LogP contribution in [-0.2, 0) is 31.9 Å². The molecule has 0 saturated carbocycles. The number of benzene rings is 2. The van der Waals surface area contributed by atoms with Crippen molar-refractivity contribution in [3.8, 4) is 11.5 Å². The van der Waals surface area contributed by atoms with E-state index < -0.39 is 33.0 Å². The fourth-order valence-electron chi connectivity index (χ4n) is 5.95. The molecule has 0 heterocycles. The summed E-state index contributed by atoms with van der Waals surface area (Å²) in [6.07, 6.45) is 1.22. The first-order valence-electron chi connectivity index (χ1n) is 14.6. The highest BCUT2D eigenvalue weighted by Gasteiger charge is 2.50. The fourth-order valence-corrected chi connectivity index (χ4v) is 6.27. The van der Waals surface area contributed by atoms with Crippen LogP contribution >= 0.6 is 12.6 Å². The number of aromatic hydroxyl groups is 2. The van der Waals surface area contributed by atoms with E-state index in [4.69, 9.17) is 0 Å². The van der Waals surface area contributed by atoms with Crippen molar-refractivity contribution in [2.45, 2.75) is 130 Å². The van der Waals surface area contributed by atoms with E-state index in [2.05, 4.69) is 12.6 Å². The molecule has 3 N–H and O–H groups in total. The zero-order chi connectivity index (χ0) is 31.2. The van der Waals surface area contributed by atoms with Crippen molar-refractivity contribution < 1.29 is 20.1 Å². The van der Waals surface area contributed by atoms with Crippen molar-refractivity contribution in [1.29, 1.82) is 0 Å². The average Bonchev–Trinajstić information content (AvgIpc) is 2.76. The molecule has 0 fully saturated rings. The highest BCUT2D eigenvalue weighted by molar-refractivity contribution is 7.80. The van der Waals surface area contributed by atoms with Crippen LogP contribution < -0.4 is 0 Å². The predicted octanol–water partition coefficient (Wildman–Crippen LogP) is 9.00. The number of phenols is 2. The molecule has 0 aliphatic heterocycles. The van der Waals surface area contributed by atoms with E-state index in [1.54, 1.807) is 0 Å². The third-order valence-electron chi connectivity index (χ3n) is 8.28. The van der Waals surface area contributed by atoms with Gasteiger partial charge >= 0.3 is 5.97 Å². The lowest BCUT2D eigenvalue weighted by atomic mass is 9.61. The van der Waals surface area contributed by atoms with Gasteiger partial charge in [-0.25, -0.2) is 0 Å². The van der Waals surface area contributed by atoms with Crippen molar-refractivity contribution in [3.05, 3.63) is 57.6 Å². The van der Waals surface area contributed by atoms with Crippen LogP contribution in [0.2, 0.25) is 0 Å². The zero-order valence-corrected chi connectivity index (χ0v) is 28.1. The van der Waals surface area contributed by atoms with Crippen LogP contribution in [0.5, 0.6) is 11.5 Å². The van der Waals surface area contributed by atoms with Gasteiger partial charge in [-0.05, 0) is 73.1 Å². The molecule has 0 bridgehead atoms. The van der Waals surface area contributed by atoms with Crippen LogP contribution in [0.15, 0.2) is 24.3 Å². The van der Waals surface area contributed by atoms with Gasteiger partial charge in [0.2, 0.25) is 0 Å². The standard InChI is InChI=1S/C35H54O4S/c1-14-21(15-16-40)35(30(38)39,22-17-24(31(2,3)4)28(36)25(18-22)32(5,6)7)23-19-26(33(8,9)10)29(37)27(20-23)34(11,12)13/h17-21,36-37,40H,14-16H2,1-13H3,(H,38,39). The first-order valence-corrected chi connectivity index (χ1v) is 15.2. The Balaban J connectivity index is 3.35. The maximum absolute atomic E-state index is 14.0. The van der Waals surface area contributed by atoms with Crippen molar-refractivity contribution >= 4 is 18.6 Å². The number of aliphatic carboxylic acids is 1. The maximum atomic E-state index is 14.0. The summed E-state index contributed by atoms with van der Waals surface area (Å²) in [7, 11) is 0. The lowest BCUT2D eigenvalue weighted by Crippen LogP contribution is -2.45. The summed E-state index contributed by atoms with van der Waals surface area (Å²) in [4.78, 5) is 14.0. The van der Waals surface area contributed by atoms with Gasteiger partial charge in [0.25, 0.3) is 0 Å². The lowest BCUT2D eigenvalue weighted by Gasteiger charge is -2.41. The number of hydrogen-bond acceptors (Lipinski definition) is 4. The number of rotatable bonds is 7. The Labute approximate surface area is 249 Å². The summed E-state index contributed by atoms with van der Waals surface area (Å²) < 4.78 is 0. The highest BCUT2D eigenvalue weighted by Crippen LogP contribution is 2.51. The molecule has 0 amide bonds. The Morgan fingerprint density at radius 2 is 0.950 bits per heavy atom. The molecule has 1 atom stereocenters. The fraction of sp³-hybridized carbons (Fsp3) is 0.629. The minimum Gasteiger partial charge on any atom is -0.507 e. The molecular weight excluding hydrogens is 516 g/mol. The molecule has 0 radical (unpaired) electrons. The van der Waals surface area contributed by atoms with Gasteiger partial charge in [-0.1, -0.05) is 121 Å². The molecule has 0 saturated heterocycles. The zero-order valence-electron chi connectivity index (χ0n) is 27.2. The number of carbonyl (C=O) groups is 1. The monoisotopic (exact) mass is 570 g/mol. The Morgan fingerprint density at radius 3 is 1.12 bits per heavy atom. The van der Waals surface area contributed by atoms with E-state index in [1.807, 2.05) is 114 Å². The smallest absolute Gasteiger partial charge is 0.318 e. The summed E-state index contributed by atoms with van der Waals surface area (Å²) in [5.41, 5.74) is 1.13. The van der Waals surface area contributed by atoms with Gasteiger partial charge in [-0.3, -0.25) is 4.79 Å². The van der Waals surface area contributed by atoms with Gasteiger partial charge in [0.15, 0.2) is 0 Å². The van der Waals surface area contributed by atoms with Gasteiger partial charge in [-0.15, -0.1) is 0 Å². The predicted molar refractivity (Wildman–Crippen MR) is 172 cm³/mol. The summed E-state index contributed by atoms with van der Waals surface area (Å²) in [6.45, 7) is 26.6. The van der Waals surface area contributed by atoms with E-state index in [-0.39, 0.29) is 17.4 Å². The number of carboxylic acid groups (broad SMARTS) is 1. The molecule has 0 aliphatic rings. The van der Waals surface area contributed by atoms with Crippen molar-refractivity contribution in [2.75, 3.05) is 5.75 Å². The van der Waals surface area contributed by atoms with Crippen LogP contribution in [0.4, 0.5) is 0 Å². The molecule has 4 nitrogen and oxygen atoms in total. The SMILES string of the molecule is CCC(CCS)C(C(=O)O)(c1cc(C(C)(C)C)c(O)c(C(C)(C)C)c1)c1cc(C(C)(C)C)c(O)c(C(C)(C)C)c1. The van der Waals surface area contributed by atoms with Crippen LogP contribution in [-0.4, -0.2) is 27.0 Å². The molecule has 224 valence electrons. The van der Waals surface area contributed by atoms with Gasteiger partial charge in [0.1, 0.15) is 16.9 Å². The first kappa shape index (κ1) is 34.1. The normalized spacial score (nSPS) is 14.3. The third kappa shape index (κ3) is 6.35. The van der Waals surface area contributed by atoms with Crippen LogP contribution in [0.1, 0.15) is 136 Å². The number of thiol groups is 1. The van der Waals surface area contributed by atoms with Gasteiger partial charge in [0.05, 0.1) is 0 Å². The topological polar surface area (TPSA) is 77.8 Å². The van der Waals surface area contributed by atoms with E-state index in [1.165, 1.54) is 0 Å². The Morgan fingerprint density at radius 1 is 0.675 bits per heavy atom. The molecule has 2 aromatic carbocycles. The largest absolute Gasteiger partial charge is 0.507 e. The summed E-state index contributed by atoms with van der Waals surface area (Å²) in [5.74, 6) is -0.224. The van der Waals surface area contributed by atoms with Crippen LogP contribution in [0, 0.1) is 5.92 Å². The Bertz CT molecular complexity index is 1080. The van der Waals surface area contributed by atoms with E-state index >= 15 is 0 Å². The third-order valence-corrected chi connectivity index (χ3v) is 8.54. The molecule has 0 aromatic heterocycles. The number of carboxylic acids is 1. The second-order valence-corrected chi connectivity index (χ2v) is 16.0. The minimum absolute atomic E-state index is 0.224. The highest BCUT2D eigenvalue weighted by atomic mass is 32.1. The van der Waals surface area contributed by atoms with Crippen molar-refractivity contribution in [1.82, 2.24) is 0 Å². The quantitative estimate of drug-likeness (QED) is 0.251. The molecule has 2 aromatic rings. The van der Waals surface area contributed by atoms with Gasteiger partial charge in [-0.2, -0.15) is 12.6 Å². The molecular formula is C35H54O4S. The van der Waals surface area contributed by atoms with Crippen LogP contribution in [0.25, 0.3) is 0 Å². The minimum atomic E-state index is -1.43. The number of hydrogen-bond donors (Lipinski definition) is 4. The average molecular weight is 571 g/mol.